The predicted molar refractivity (Wildman–Crippen MR) is 48.8 cm³/mol. The molecule has 1 aliphatic carbocycles. The smallest absolute Gasteiger partial charge is 0.311 e. The normalized spacial score (nSPS) is 31.6. The molecule has 0 aromatic heterocycles. The minimum absolute atomic E-state index is 0.479. The zero-order valence-electron chi connectivity index (χ0n) is 8.20. The highest BCUT2D eigenvalue weighted by Crippen LogP contribution is 2.39. The van der Waals surface area contributed by atoms with Crippen LogP contribution in [0.15, 0.2) is 0 Å². The lowest BCUT2D eigenvalue weighted by Crippen LogP contribution is -2.42. The second-order valence-electron chi connectivity index (χ2n) is 4.00. The van der Waals surface area contributed by atoms with Crippen LogP contribution in [0.5, 0.6) is 0 Å². The minimum atomic E-state index is -0.803. The fourth-order valence-electron chi connectivity index (χ4n) is 2.42. The molecule has 4 nitrogen and oxygen atoms in total. The van der Waals surface area contributed by atoms with Gasteiger partial charge in [0, 0.05) is 6.42 Å². The zero-order valence-corrected chi connectivity index (χ0v) is 8.20. The Hall–Kier alpha value is -0.610. The van der Waals surface area contributed by atoms with Gasteiger partial charge in [-0.2, -0.15) is 0 Å². The largest absolute Gasteiger partial charge is 0.481 e. The van der Waals surface area contributed by atoms with E-state index in [1.165, 1.54) is 0 Å². The molecule has 1 heterocycles. The Morgan fingerprint density at radius 2 is 1.93 bits per heavy atom. The number of carboxylic acids is 1. The van der Waals surface area contributed by atoms with Crippen molar-refractivity contribution in [3.8, 4) is 0 Å². The molecule has 1 unspecified atom stereocenters. The Bertz CT molecular complexity index is 220. The summed E-state index contributed by atoms with van der Waals surface area (Å²) in [4.78, 5) is 11.1. The van der Waals surface area contributed by atoms with Crippen molar-refractivity contribution < 1.29 is 19.4 Å². The predicted octanol–water partition coefficient (Wildman–Crippen LogP) is 1.39. The average molecular weight is 200 g/mol. The van der Waals surface area contributed by atoms with Crippen LogP contribution in [-0.2, 0) is 14.3 Å². The number of hydrogen-bond donors (Lipinski definition) is 1. The second-order valence-corrected chi connectivity index (χ2v) is 4.00. The van der Waals surface area contributed by atoms with Gasteiger partial charge in [-0.1, -0.05) is 12.8 Å². The second kappa shape index (κ2) is 3.87. The third-order valence-electron chi connectivity index (χ3n) is 3.12. The first-order chi connectivity index (χ1) is 6.75. The molecule has 1 atom stereocenters. The highest BCUT2D eigenvalue weighted by molar-refractivity contribution is 5.71. The summed E-state index contributed by atoms with van der Waals surface area (Å²) in [6.45, 7) is 1.06. The number of rotatable bonds is 1. The van der Waals surface area contributed by atoms with Crippen LogP contribution >= 0.6 is 0 Å². The van der Waals surface area contributed by atoms with Crippen molar-refractivity contribution in [2.24, 2.45) is 5.92 Å². The first-order valence-corrected chi connectivity index (χ1v) is 5.25. The van der Waals surface area contributed by atoms with Crippen LogP contribution in [0.4, 0.5) is 0 Å². The van der Waals surface area contributed by atoms with Crippen molar-refractivity contribution in [1.29, 1.82) is 0 Å². The topological polar surface area (TPSA) is 55.8 Å². The third kappa shape index (κ3) is 1.64. The van der Waals surface area contributed by atoms with Crippen LogP contribution in [0.3, 0.4) is 0 Å². The molecule has 0 radical (unpaired) electrons. The molecule has 0 aromatic carbocycles. The van der Waals surface area contributed by atoms with E-state index in [1.54, 1.807) is 0 Å². The molecule has 14 heavy (non-hydrogen) atoms. The van der Waals surface area contributed by atoms with Gasteiger partial charge in [0.1, 0.15) is 5.92 Å². The Balaban J connectivity index is 2.18. The van der Waals surface area contributed by atoms with Crippen molar-refractivity contribution in [3.63, 3.8) is 0 Å². The first kappa shape index (κ1) is 9.93. The number of ether oxygens (including phenoxy) is 2. The van der Waals surface area contributed by atoms with Gasteiger partial charge in [0.05, 0.1) is 13.2 Å². The summed E-state index contributed by atoms with van der Waals surface area (Å²) in [6.07, 6.45) is 4.45. The fourth-order valence-corrected chi connectivity index (χ4v) is 2.42. The van der Waals surface area contributed by atoms with Gasteiger partial charge in [-0.05, 0) is 12.8 Å². The van der Waals surface area contributed by atoms with Crippen molar-refractivity contribution >= 4 is 5.97 Å². The maximum Gasteiger partial charge on any atom is 0.311 e. The first-order valence-electron chi connectivity index (χ1n) is 5.25. The van der Waals surface area contributed by atoms with Gasteiger partial charge in [-0.3, -0.25) is 4.79 Å². The molecular weight excluding hydrogens is 184 g/mol. The summed E-state index contributed by atoms with van der Waals surface area (Å²) in [5, 5.41) is 9.13. The van der Waals surface area contributed by atoms with Crippen molar-refractivity contribution in [2.75, 3.05) is 13.2 Å². The van der Waals surface area contributed by atoms with E-state index in [0.29, 0.717) is 19.6 Å². The van der Waals surface area contributed by atoms with Crippen LogP contribution < -0.4 is 0 Å². The van der Waals surface area contributed by atoms with Gasteiger partial charge in [0.25, 0.3) is 0 Å². The van der Waals surface area contributed by atoms with Gasteiger partial charge >= 0.3 is 5.97 Å². The minimum Gasteiger partial charge on any atom is -0.481 e. The lowest BCUT2D eigenvalue weighted by Gasteiger charge is -2.31. The summed E-state index contributed by atoms with van der Waals surface area (Å²) < 4.78 is 11.1. The highest BCUT2D eigenvalue weighted by atomic mass is 16.7. The van der Waals surface area contributed by atoms with E-state index in [-0.39, 0.29) is 0 Å². The summed E-state index contributed by atoms with van der Waals surface area (Å²) >= 11 is 0. The summed E-state index contributed by atoms with van der Waals surface area (Å²) in [5.41, 5.74) is 0. The monoisotopic (exact) mass is 200 g/mol. The van der Waals surface area contributed by atoms with Crippen LogP contribution in [0.25, 0.3) is 0 Å². The van der Waals surface area contributed by atoms with E-state index >= 15 is 0 Å². The maximum atomic E-state index is 11.1. The lowest BCUT2D eigenvalue weighted by molar-refractivity contribution is -0.208. The Labute approximate surface area is 83.2 Å². The summed E-state index contributed by atoms with van der Waals surface area (Å²) in [6, 6.07) is 0. The third-order valence-corrected chi connectivity index (χ3v) is 3.12. The molecule has 0 bridgehead atoms. The number of aliphatic carboxylic acids is 1. The quantitative estimate of drug-likeness (QED) is 0.695. The molecule has 1 saturated heterocycles. The maximum absolute atomic E-state index is 11.1. The highest BCUT2D eigenvalue weighted by Gasteiger charge is 2.48. The van der Waals surface area contributed by atoms with Crippen molar-refractivity contribution in [3.05, 3.63) is 0 Å². The zero-order chi connectivity index (χ0) is 10.0. The molecule has 1 N–H and O–H groups in total. The molecule has 4 heteroatoms. The Morgan fingerprint density at radius 1 is 1.21 bits per heavy atom. The molecule has 2 rings (SSSR count). The fraction of sp³-hybridized carbons (Fsp3) is 0.900. The average Bonchev–Trinajstić information content (AvgIpc) is 2.48. The van der Waals surface area contributed by atoms with E-state index in [1.807, 2.05) is 0 Å². The van der Waals surface area contributed by atoms with E-state index < -0.39 is 17.7 Å². The van der Waals surface area contributed by atoms with Gasteiger partial charge < -0.3 is 14.6 Å². The van der Waals surface area contributed by atoms with E-state index in [0.717, 1.165) is 25.7 Å². The van der Waals surface area contributed by atoms with Crippen LogP contribution in [0.2, 0.25) is 0 Å². The van der Waals surface area contributed by atoms with Crippen LogP contribution in [-0.4, -0.2) is 30.1 Å². The molecule has 2 fully saturated rings. The summed E-state index contributed by atoms with van der Waals surface area (Å²) in [5.74, 6) is -2.07. The lowest BCUT2D eigenvalue weighted by atomic mass is 9.93. The SMILES string of the molecule is O=C(O)C1CCCCCC12OCCO2. The van der Waals surface area contributed by atoms with Crippen LogP contribution in [0, 0.1) is 5.92 Å². The molecule has 1 spiro atoms. The van der Waals surface area contributed by atoms with E-state index in [9.17, 15) is 4.79 Å². The Morgan fingerprint density at radius 3 is 2.57 bits per heavy atom. The molecule has 2 aliphatic rings. The van der Waals surface area contributed by atoms with E-state index in [2.05, 4.69) is 0 Å². The molecule has 1 saturated carbocycles. The summed E-state index contributed by atoms with van der Waals surface area (Å²) in [7, 11) is 0. The van der Waals surface area contributed by atoms with Crippen molar-refractivity contribution in [1.82, 2.24) is 0 Å². The number of carbonyl (C=O) groups is 1. The van der Waals surface area contributed by atoms with Gasteiger partial charge in [0.15, 0.2) is 5.79 Å². The standard InChI is InChI=1S/C10H16O4/c11-9(12)8-4-2-1-3-5-10(8)13-6-7-14-10/h8H,1-7H2,(H,11,12). The molecule has 1 aliphatic heterocycles. The number of carboxylic acid groups (broad SMARTS) is 1. The van der Waals surface area contributed by atoms with Gasteiger partial charge in [-0.15, -0.1) is 0 Å². The molecule has 80 valence electrons. The Kier molecular flexibility index (Phi) is 2.74. The molecule has 0 amide bonds. The van der Waals surface area contributed by atoms with E-state index in [4.69, 9.17) is 14.6 Å². The number of hydrogen-bond acceptors (Lipinski definition) is 3. The van der Waals surface area contributed by atoms with Gasteiger partial charge in [-0.25, -0.2) is 0 Å². The van der Waals surface area contributed by atoms with Crippen LogP contribution in [0.1, 0.15) is 32.1 Å². The molecule has 0 aromatic rings. The van der Waals surface area contributed by atoms with Gasteiger partial charge in [0.2, 0.25) is 0 Å². The van der Waals surface area contributed by atoms with Crippen molar-refractivity contribution in [2.45, 2.75) is 37.9 Å². The molecular formula is C10H16O4.